The van der Waals surface area contributed by atoms with Crippen LogP contribution in [0.3, 0.4) is 0 Å². The van der Waals surface area contributed by atoms with Gasteiger partial charge < -0.3 is 4.74 Å². The van der Waals surface area contributed by atoms with E-state index in [9.17, 15) is 8.78 Å². The Hall–Kier alpha value is -1.33. The number of alkyl halides is 3. The molecule has 0 aliphatic heterocycles. The summed E-state index contributed by atoms with van der Waals surface area (Å²) in [4.78, 5) is 0. The summed E-state index contributed by atoms with van der Waals surface area (Å²) in [5.41, 5.74) is -0.585. The molecule has 1 aromatic carbocycles. The second-order valence-electron chi connectivity index (χ2n) is 8.05. The molecule has 152 valence electrons. The summed E-state index contributed by atoms with van der Waals surface area (Å²) in [6.07, 6.45) is 1.00. The number of hydrogen-bond donors (Lipinski definition) is 0. The molecule has 0 heterocycles. The van der Waals surface area contributed by atoms with Crippen LogP contribution in [0.2, 0.25) is 0 Å². The summed E-state index contributed by atoms with van der Waals surface area (Å²) in [7, 11) is 0. The highest BCUT2D eigenvalue weighted by molar-refractivity contribution is 5.35. The lowest BCUT2D eigenvalue weighted by Crippen LogP contribution is -2.33. The first-order valence-electron chi connectivity index (χ1n) is 9.91. The molecule has 0 radical (unpaired) electrons. The van der Waals surface area contributed by atoms with Gasteiger partial charge in [0.2, 0.25) is 5.82 Å². The first-order valence-corrected chi connectivity index (χ1v) is 9.91. The van der Waals surface area contributed by atoms with Crippen LogP contribution in [0.15, 0.2) is 12.1 Å². The van der Waals surface area contributed by atoms with Crippen LogP contribution >= 0.6 is 0 Å². The second-order valence-corrected chi connectivity index (χ2v) is 8.05. The second kappa shape index (κ2) is 7.96. The molecule has 2 aliphatic carbocycles. The zero-order chi connectivity index (χ0) is 19.8. The third kappa shape index (κ3) is 3.95. The van der Waals surface area contributed by atoms with E-state index in [1.54, 1.807) is 6.92 Å². The van der Waals surface area contributed by atoms with Crippen molar-refractivity contribution in [1.29, 1.82) is 0 Å². The van der Waals surface area contributed by atoms with Crippen molar-refractivity contribution in [2.24, 2.45) is 17.8 Å². The van der Waals surface area contributed by atoms with Gasteiger partial charge >= 0.3 is 0 Å². The zero-order valence-electron chi connectivity index (χ0n) is 15.8. The lowest BCUT2D eigenvalue weighted by molar-refractivity contribution is -0.0616. The molecule has 0 aromatic heterocycles. The molecule has 0 saturated heterocycles. The molecule has 0 amide bonds. The van der Waals surface area contributed by atoms with Crippen molar-refractivity contribution in [2.75, 3.05) is 6.61 Å². The maximum Gasteiger partial charge on any atom is 0.258 e. The van der Waals surface area contributed by atoms with Gasteiger partial charge in [0, 0.05) is 12.0 Å². The number of hydrogen-bond acceptors (Lipinski definition) is 1. The Labute approximate surface area is 157 Å². The third-order valence-corrected chi connectivity index (χ3v) is 6.23. The molecule has 2 fully saturated rings. The van der Waals surface area contributed by atoms with Gasteiger partial charge in [-0.05, 0) is 50.0 Å². The molecular weight excluding hydrogens is 363 g/mol. The lowest BCUT2D eigenvalue weighted by atomic mass is 9.85. The largest absolute Gasteiger partial charge is 0.491 e. The SMILES string of the molecule is CCCC1CC2CC(F)C(c3ccc(OCC)c(F)c3F)C(F)(F)CC2C1. The molecule has 1 aromatic rings. The minimum absolute atomic E-state index is 0.0145. The van der Waals surface area contributed by atoms with E-state index in [1.807, 2.05) is 0 Å². The number of ether oxygens (including phenoxy) is 1. The van der Waals surface area contributed by atoms with Gasteiger partial charge in [0.1, 0.15) is 6.17 Å². The molecule has 2 aliphatic rings. The van der Waals surface area contributed by atoms with Gasteiger partial charge in [-0.1, -0.05) is 25.8 Å². The quantitative estimate of drug-likeness (QED) is 0.511. The molecule has 1 nitrogen and oxygen atoms in total. The predicted molar refractivity (Wildman–Crippen MR) is 94.0 cm³/mol. The van der Waals surface area contributed by atoms with Crippen molar-refractivity contribution < 1.29 is 26.7 Å². The Morgan fingerprint density at radius 1 is 1.04 bits per heavy atom. The van der Waals surface area contributed by atoms with Crippen molar-refractivity contribution in [1.82, 2.24) is 0 Å². The van der Waals surface area contributed by atoms with Crippen LogP contribution in [-0.4, -0.2) is 18.7 Å². The predicted octanol–water partition coefficient (Wildman–Crippen LogP) is 6.66. The van der Waals surface area contributed by atoms with Crippen molar-refractivity contribution >= 4 is 0 Å². The zero-order valence-corrected chi connectivity index (χ0v) is 15.8. The number of halogens is 5. The molecule has 5 unspecified atom stereocenters. The molecular formula is C21H27F5O. The molecule has 6 heteroatoms. The van der Waals surface area contributed by atoms with Crippen LogP contribution in [0.4, 0.5) is 22.0 Å². The van der Waals surface area contributed by atoms with Gasteiger partial charge in [0.25, 0.3) is 5.92 Å². The smallest absolute Gasteiger partial charge is 0.258 e. The minimum atomic E-state index is -3.42. The summed E-state index contributed by atoms with van der Waals surface area (Å²) in [6.45, 7) is 3.77. The first-order chi connectivity index (χ1) is 12.8. The van der Waals surface area contributed by atoms with Gasteiger partial charge in [-0.25, -0.2) is 17.6 Å². The summed E-state index contributed by atoms with van der Waals surface area (Å²) < 4.78 is 78.7. The maximum absolute atomic E-state index is 15.0. The van der Waals surface area contributed by atoms with Crippen LogP contribution in [0.1, 0.15) is 63.9 Å². The highest BCUT2D eigenvalue weighted by Gasteiger charge is 2.54. The summed E-state index contributed by atoms with van der Waals surface area (Å²) in [6, 6.07) is 2.17. The Kier molecular flexibility index (Phi) is 6.02. The molecule has 27 heavy (non-hydrogen) atoms. The lowest BCUT2D eigenvalue weighted by Gasteiger charge is -2.29. The van der Waals surface area contributed by atoms with Crippen LogP contribution < -0.4 is 4.74 Å². The highest BCUT2D eigenvalue weighted by Crippen LogP contribution is 2.54. The fourth-order valence-corrected chi connectivity index (χ4v) is 5.16. The van der Waals surface area contributed by atoms with E-state index >= 15 is 13.2 Å². The van der Waals surface area contributed by atoms with Gasteiger partial charge in [0.15, 0.2) is 11.6 Å². The van der Waals surface area contributed by atoms with E-state index < -0.39 is 41.6 Å². The highest BCUT2D eigenvalue weighted by atomic mass is 19.3. The maximum atomic E-state index is 15.0. The van der Waals surface area contributed by atoms with Gasteiger partial charge in [-0.15, -0.1) is 0 Å². The fourth-order valence-electron chi connectivity index (χ4n) is 5.16. The van der Waals surface area contributed by atoms with E-state index in [-0.39, 0.29) is 30.6 Å². The van der Waals surface area contributed by atoms with E-state index in [0.717, 1.165) is 31.4 Å². The Bertz CT molecular complexity index is 662. The van der Waals surface area contributed by atoms with Crippen LogP contribution in [0, 0.1) is 29.4 Å². The topological polar surface area (TPSA) is 9.23 Å². The van der Waals surface area contributed by atoms with E-state index in [4.69, 9.17) is 4.74 Å². The third-order valence-electron chi connectivity index (χ3n) is 6.23. The van der Waals surface area contributed by atoms with Crippen LogP contribution in [-0.2, 0) is 0 Å². The summed E-state index contributed by atoms with van der Waals surface area (Å²) >= 11 is 0. The van der Waals surface area contributed by atoms with Crippen molar-refractivity contribution in [3.63, 3.8) is 0 Å². The van der Waals surface area contributed by atoms with Gasteiger partial charge in [0.05, 0.1) is 12.5 Å². The van der Waals surface area contributed by atoms with Crippen LogP contribution in [0.25, 0.3) is 0 Å². The minimum Gasteiger partial charge on any atom is -0.491 e. The fraction of sp³-hybridized carbons (Fsp3) is 0.714. The molecule has 0 spiro atoms. The average Bonchev–Trinajstić information content (AvgIpc) is 2.91. The van der Waals surface area contributed by atoms with E-state index in [2.05, 4.69) is 6.92 Å². The summed E-state index contributed by atoms with van der Waals surface area (Å²) in [5.74, 6) is -8.47. The molecule has 0 bridgehead atoms. The Balaban J connectivity index is 1.90. The van der Waals surface area contributed by atoms with E-state index in [1.165, 1.54) is 0 Å². The Morgan fingerprint density at radius 3 is 2.41 bits per heavy atom. The average molecular weight is 390 g/mol. The van der Waals surface area contributed by atoms with Crippen molar-refractivity contribution in [3.05, 3.63) is 29.3 Å². The number of fused-ring (bicyclic) bond motifs is 1. The molecule has 5 atom stereocenters. The van der Waals surface area contributed by atoms with E-state index in [0.29, 0.717) is 12.3 Å². The Morgan fingerprint density at radius 2 is 1.74 bits per heavy atom. The molecule has 2 saturated carbocycles. The standard InChI is InChI=1S/C21H27F5O/c1-3-5-12-8-13-10-16(22)18(21(25,26)11-14(13)9-12)15-6-7-17(27-4-2)20(24)19(15)23/h6-7,12-14,16,18H,3-5,8-11H2,1-2H3. The number of rotatable bonds is 5. The van der Waals surface area contributed by atoms with Crippen LogP contribution in [0.5, 0.6) is 5.75 Å². The molecule has 0 N–H and O–H groups in total. The normalized spacial score (nSPS) is 32.8. The summed E-state index contributed by atoms with van der Waals surface area (Å²) in [5, 5.41) is 0. The number of benzene rings is 1. The monoisotopic (exact) mass is 390 g/mol. The van der Waals surface area contributed by atoms with Crippen molar-refractivity contribution in [2.45, 2.75) is 70.4 Å². The van der Waals surface area contributed by atoms with Gasteiger partial charge in [-0.3, -0.25) is 0 Å². The van der Waals surface area contributed by atoms with Crippen molar-refractivity contribution in [3.8, 4) is 5.75 Å². The first kappa shape index (κ1) is 20.4. The van der Waals surface area contributed by atoms with Gasteiger partial charge in [-0.2, -0.15) is 4.39 Å². The molecule has 3 rings (SSSR count).